The van der Waals surface area contributed by atoms with E-state index < -0.39 is 0 Å². The Morgan fingerprint density at radius 3 is 2.67 bits per heavy atom. The maximum Gasteiger partial charge on any atom is 0.0787 e. The first kappa shape index (κ1) is 14.5. The van der Waals surface area contributed by atoms with Crippen molar-refractivity contribution in [1.82, 2.24) is 10.3 Å². The second-order valence-corrected chi connectivity index (χ2v) is 7.10. The third kappa shape index (κ3) is 2.94. The number of aromatic nitrogens is 1. The monoisotopic (exact) mass is 284 g/mol. The lowest BCUT2D eigenvalue weighted by Crippen LogP contribution is -2.42. The smallest absolute Gasteiger partial charge is 0.0787 e. The maximum absolute atomic E-state index is 6.15. The number of fused-ring (bicyclic) bond motifs is 1. The minimum absolute atomic E-state index is 0.0574. The Labute approximate surface area is 126 Å². The molecule has 1 aliphatic rings. The summed E-state index contributed by atoms with van der Waals surface area (Å²) in [4.78, 5) is 4.52. The van der Waals surface area contributed by atoms with Gasteiger partial charge >= 0.3 is 0 Å². The first-order valence-corrected chi connectivity index (χ1v) is 7.64. The summed E-state index contributed by atoms with van der Waals surface area (Å²) in [7, 11) is 0. The molecule has 0 bridgehead atoms. The summed E-state index contributed by atoms with van der Waals surface area (Å²) in [6.45, 7) is 9.48. The maximum atomic E-state index is 6.15. The molecule has 21 heavy (non-hydrogen) atoms. The van der Waals surface area contributed by atoms with Gasteiger partial charge in [-0.1, -0.05) is 24.3 Å². The fourth-order valence-electron chi connectivity index (χ4n) is 3.42. The van der Waals surface area contributed by atoms with Gasteiger partial charge in [0.25, 0.3) is 0 Å². The zero-order valence-corrected chi connectivity index (χ0v) is 13.3. The normalized spacial score (nSPS) is 23.5. The lowest BCUT2D eigenvalue weighted by molar-refractivity contribution is -0.0699. The quantitative estimate of drug-likeness (QED) is 0.933. The molecule has 1 fully saturated rings. The van der Waals surface area contributed by atoms with Crippen molar-refractivity contribution in [3.63, 3.8) is 0 Å². The van der Waals surface area contributed by atoms with Crippen molar-refractivity contribution in [2.45, 2.75) is 57.9 Å². The highest BCUT2D eigenvalue weighted by Crippen LogP contribution is 2.37. The summed E-state index contributed by atoms with van der Waals surface area (Å²) in [5, 5.41) is 4.86. The summed E-state index contributed by atoms with van der Waals surface area (Å²) in [6, 6.07) is 10.8. The molecule has 112 valence electrons. The Bertz CT molecular complexity index is 643. The molecule has 0 spiro atoms. The van der Waals surface area contributed by atoms with Crippen LogP contribution in [0.2, 0.25) is 0 Å². The van der Waals surface area contributed by atoms with Crippen molar-refractivity contribution >= 4 is 10.9 Å². The SMILES string of the molecule is CC1(C)CC(NCc2cccc3cccnc23)C(C)(C)O1. The Hall–Kier alpha value is -1.45. The molecule has 0 aliphatic carbocycles. The molecule has 1 saturated heterocycles. The molecular weight excluding hydrogens is 260 g/mol. The Morgan fingerprint density at radius 2 is 1.95 bits per heavy atom. The Morgan fingerprint density at radius 1 is 1.19 bits per heavy atom. The number of nitrogens with zero attached hydrogens (tertiary/aromatic N) is 1. The van der Waals surface area contributed by atoms with Crippen molar-refractivity contribution in [1.29, 1.82) is 0 Å². The molecule has 0 amide bonds. The second-order valence-electron chi connectivity index (χ2n) is 7.10. The fraction of sp³-hybridized carbons (Fsp3) is 0.500. The van der Waals surface area contributed by atoms with Crippen LogP contribution in [0.5, 0.6) is 0 Å². The van der Waals surface area contributed by atoms with E-state index in [-0.39, 0.29) is 11.2 Å². The van der Waals surface area contributed by atoms with E-state index in [9.17, 15) is 0 Å². The molecule has 3 heteroatoms. The topological polar surface area (TPSA) is 34.2 Å². The number of pyridine rings is 1. The predicted octanol–water partition coefficient (Wildman–Crippen LogP) is 3.67. The van der Waals surface area contributed by atoms with Crippen LogP contribution in [0.15, 0.2) is 36.5 Å². The number of hydrogen-bond donors (Lipinski definition) is 1. The van der Waals surface area contributed by atoms with Crippen LogP contribution in [0, 0.1) is 0 Å². The number of rotatable bonds is 3. The largest absolute Gasteiger partial charge is 0.368 e. The number of nitrogens with one attached hydrogen (secondary N) is 1. The number of benzene rings is 1. The highest BCUT2D eigenvalue weighted by Gasteiger charge is 2.45. The lowest BCUT2D eigenvalue weighted by atomic mass is 9.94. The lowest BCUT2D eigenvalue weighted by Gasteiger charge is -2.28. The molecule has 0 radical (unpaired) electrons. The van der Waals surface area contributed by atoms with E-state index in [1.807, 2.05) is 12.3 Å². The van der Waals surface area contributed by atoms with E-state index >= 15 is 0 Å². The fourth-order valence-corrected chi connectivity index (χ4v) is 3.42. The van der Waals surface area contributed by atoms with Crippen LogP contribution in [0.3, 0.4) is 0 Å². The minimum atomic E-state index is -0.137. The van der Waals surface area contributed by atoms with E-state index in [1.54, 1.807) is 0 Å². The summed E-state index contributed by atoms with van der Waals surface area (Å²) >= 11 is 0. The highest BCUT2D eigenvalue weighted by molar-refractivity contribution is 5.81. The average molecular weight is 284 g/mol. The van der Waals surface area contributed by atoms with E-state index in [0.717, 1.165) is 18.5 Å². The van der Waals surface area contributed by atoms with Gasteiger partial charge in [-0.2, -0.15) is 0 Å². The van der Waals surface area contributed by atoms with E-state index in [4.69, 9.17) is 4.74 Å². The number of hydrogen-bond acceptors (Lipinski definition) is 3. The molecule has 1 atom stereocenters. The third-order valence-electron chi connectivity index (χ3n) is 4.33. The van der Waals surface area contributed by atoms with E-state index in [1.165, 1.54) is 10.9 Å². The van der Waals surface area contributed by atoms with Crippen molar-refractivity contribution in [3.05, 3.63) is 42.1 Å². The van der Waals surface area contributed by atoms with Gasteiger partial charge in [-0.3, -0.25) is 4.98 Å². The molecule has 2 aromatic rings. The minimum Gasteiger partial charge on any atom is -0.368 e. The van der Waals surface area contributed by atoms with Gasteiger partial charge in [0.2, 0.25) is 0 Å². The van der Waals surface area contributed by atoms with E-state index in [0.29, 0.717) is 6.04 Å². The standard InChI is InChI=1S/C18H24N2O/c1-17(2)11-15(18(3,4)21-17)20-12-14-8-5-7-13-9-6-10-19-16(13)14/h5-10,15,20H,11-12H2,1-4H3. The highest BCUT2D eigenvalue weighted by atomic mass is 16.5. The first-order valence-electron chi connectivity index (χ1n) is 7.64. The van der Waals surface area contributed by atoms with Crippen molar-refractivity contribution in [2.24, 2.45) is 0 Å². The number of para-hydroxylation sites is 1. The van der Waals surface area contributed by atoms with Gasteiger partial charge in [-0.25, -0.2) is 0 Å². The van der Waals surface area contributed by atoms with Crippen LogP contribution < -0.4 is 5.32 Å². The summed E-state index contributed by atoms with van der Waals surface area (Å²) in [5.41, 5.74) is 2.14. The van der Waals surface area contributed by atoms with Crippen LogP contribution in [-0.4, -0.2) is 22.2 Å². The molecule has 2 heterocycles. The van der Waals surface area contributed by atoms with Gasteiger partial charge in [0.05, 0.1) is 16.7 Å². The van der Waals surface area contributed by atoms with Gasteiger partial charge in [0, 0.05) is 24.2 Å². The molecule has 1 aromatic heterocycles. The molecule has 0 saturated carbocycles. The van der Waals surface area contributed by atoms with E-state index in [2.05, 4.69) is 62.3 Å². The van der Waals surface area contributed by atoms with Crippen LogP contribution in [0.25, 0.3) is 10.9 Å². The zero-order valence-electron chi connectivity index (χ0n) is 13.3. The van der Waals surface area contributed by atoms with Crippen molar-refractivity contribution in [2.75, 3.05) is 0 Å². The molecule has 1 unspecified atom stereocenters. The Kier molecular flexibility index (Phi) is 3.50. The third-order valence-corrected chi connectivity index (χ3v) is 4.33. The van der Waals surface area contributed by atoms with Gasteiger partial charge in [-0.15, -0.1) is 0 Å². The second kappa shape index (κ2) is 5.08. The summed E-state index contributed by atoms with van der Waals surface area (Å²) in [6.07, 6.45) is 2.88. The Balaban J connectivity index is 1.78. The van der Waals surface area contributed by atoms with Gasteiger partial charge < -0.3 is 10.1 Å². The number of ether oxygens (including phenoxy) is 1. The van der Waals surface area contributed by atoms with Crippen molar-refractivity contribution < 1.29 is 4.74 Å². The zero-order chi connectivity index (χ0) is 15.1. The van der Waals surface area contributed by atoms with Gasteiger partial charge in [-0.05, 0) is 45.7 Å². The average Bonchev–Trinajstić information content (AvgIpc) is 2.63. The molecule has 3 nitrogen and oxygen atoms in total. The molecule has 1 N–H and O–H groups in total. The van der Waals surface area contributed by atoms with Gasteiger partial charge in [0.15, 0.2) is 0 Å². The first-order chi connectivity index (χ1) is 9.87. The summed E-state index contributed by atoms with van der Waals surface area (Å²) < 4.78 is 6.15. The predicted molar refractivity (Wildman–Crippen MR) is 86.2 cm³/mol. The molecule has 1 aromatic carbocycles. The molecular formula is C18H24N2O. The van der Waals surface area contributed by atoms with Gasteiger partial charge in [0.1, 0.15) is 0 Å². The van der Waals surface area contributed by atoms with Crippen LogP contribution in [0.4, 0.5) is 0 Å². The van der Waals surface area contributed by atoms with Crippen LogP contribution >= 0.6 is 0 Å². The summed E-state index contributed by atoms with van der Waals surface area (Å²) in [5.74, 6) is 0. The molecule has 3 rings (SSSR count). The molecule has 1 aliphatic heterocycles. The van der Waals surface area contributed by atoms with Crippen LogP contribution in [-0.2, 0) is 11.3 Å². The van der Waals surface area contributed by atoms with Crippen LogP contribution in [0.1, 0.15) is 39.7 Å². The van der Waals surface area contributed by atoms with Crippen molar-refractivity contribution in [3.8, 4) is 0 Å².